The molecular formula is C25H27F7N2O5S. The van der Waals surface area contributed by atoms with E-state index in [2.05, 4.69) is 0 Å². The van der Waals surface area contributed by atoms with E-state index in [0.717, 1.165) is 33.5 Å². The summed E-state index contributed by atoms with van der Waals surface area (Å²) < 4.78 is 122. The van der Waals surface area contributed by atoms with Crippen LogP contribution in [-0.2, 0) is 26.8 Å². The van der Waals surface area contributed by atoms with Gasteiger partial charge in [-0.1, -0.05) is 12.1 Å². The molecule has 2 N–H and O–H groups in total. The number of carbonyl (C=O) groups is 1. The zero-order valence-corrected chi connectivity index (χ0v) is 22.3. The number of halogens is 7. The van der Waals surface area contributed by atoms with Crippen molar-refractivity contribution in [2.75, 3.05) is 17.9 Å². The van der Waals surface area contributed by atoms with Gasteiger partial charge in [-0.2, -0.15) is 26.3 Å². The van der Waals surface area contributed by atoms with E-state index in [0.29, 0.717) is 18.2 Å². The van der Waals surface area contributed by atoms with Gasteiger partial charge in [0.05, 0.1) is 22.2 Å². The van der Waals surface area contributed by atoms with Gasteiger partial charge in [0.2, 0.25) is 5.91 Å². The molecule has 0 aliphatic carbocycles. The van der Waals surface area contributed by atoms with Crippen molar-refractivity contribution in [2.24, 2.45) is 0 Å². The summed E-state index contributed by atoms with van der Waals surface area (Å²) in [7, 11) is -3.24. The molecule has 0 unspecified atom stereocenters. The molecule has 0 aromatic heterocycles. The van der Waals surface area contributed by atoms with Crippen molar-refractivity contribution >= 4 is 21.6 Å². The van der Waals surface area contributed by atoms with Gasteiger partial charge in [-0.25, -0.2) is 12.8 Å². The highest BCUT2D eigenvalue weighted by atomic mass is 32.2. The molecule has 1 heterocycles. The van der Waals surface area contributed by atoms with Crippen LogP contribution in [0.3, 0.4) is 0 Å². The lowest BCUT2D eigenvalue weighted by molar-refractivity contribution is -0.376. The molecule has 0 fully saturated rings. The molecule has 2 aromatic carbocycles. The second-order valence-electron chi connectivity index (χ2n) is 10.3. The van der Waals surface area contributed by atoms with Crippen molar-refractivity contribution in [1.29, 1.82) is 0 Å². The van der Waals surface area contributed by atoms with Gasteiger partial charge in [0.25, 0.3) is 15.6 Å². The Hall–Kier alpha value is -2.91. The van der Waals surface area contributed by atoms with Crippen LogP contribution in [0.25, 0.3) is 0 Å². The van der Waals surface area contributed by atoms with Crippen molar-refractivity contribution in [3.8, 4) is 0 Å². The predicted octanol–water partition coefficient (Wildman–Crippen LogP) is 4.27. The summed E-state index contributed by atoms with van der Waals surface area (Å²) in [6.45, 7) is 2.77. The van der Waals surface area contributed by atoms with E-state index >= 15 is 0 Å². The van der Waals surface area contributed by atoms with Crippen LogP contribution in [0.15, 0.2) is 47.4 Å². The third-order valence-corrected chi connectivity index (χ3v) is 8.34. The minimum Gasteiger partial charge on any atom is -0.389 e. The minimum absolute atomic E-state index is 0.114. The molecule has 0 saturated heterocycles. The molecule has 1 aliphatic heterocycles. The molecule has 1 aliphatic rings. The van der Waals surface area contributed by atoms with Crippen LogP contribution < -0.4 is 4.31 Å². The second-order valence-corrected chi connectivity index (χ2v) is 12.1. The number of hydrogen-bond donors (Lipinski definition) is 2. The molecule has 0 spiro atoms. The Morgan fingerprint density at radius 3 is 2.05 bits per heavy atom. The van der Waals surface area contributed by atoms with E-state index < -0.39 is 68.2 Å². The zero-order chi connectivity index (χ0) is 30.5. The Morgan fingerprint density at radius 2 is 1.55 bits per heavy atom. The van der Waals surface area contributed by atoms with Gasteiger partial charge in [-0.05, 0) is 62.6 Å². The minimum atomic E-state index is -6.14. The van der Waals surface area contributed by atoms with Crippen molar-refractivity contribution in [2.45, 2.75) is 67.6 Å². The number of nitrogens with zero attached hydrogens (tertiary/aromatic N) is 2. The van der Waals surface area contributed by atoms with E-state index in [4.69, 9.17) is 0 Å². The van der Waals surface area contributed by atoms with Crippen LogP contribution in [-0.4, -0.2) is 67.0 Å². The number of amides is 1. The van der Waals surface area contributed by atoms with Crippen molar-refractivity contribution in [3.05, 3.63) is 59.4 Å². The highest BCUT2D eigenvalue weighted by molar-refractivity contribution is 7.92. The second kappa shape index (κ2) is 10.5. The van der Waals surface area contributed by atoms with Crippen molar-refractivity contribution in [3.63, 3.8) is 0 Å². The molecule has 0 saturated carbocycles. The van der Waals surface area contributed by atoms with Gasteiger partial charge in [0, 0.05) is 25.6 Å². The number of anilines is 1. The molecule has 1 amide bonds. The summed E-state index contributed by atoms with van der Waals surface area (Å²) in [4.78, 5) is 13.6. The van der Waals surface area contributed by atoms with Crippen LogP contribution in [0, 0.1) is 5.82 Å². The quantitative estimate of drug-likeness (QED) is 0.463. The number of fused-ring (bicyclic) bond motifs is 1. The van der Waals surface area contributed by atoms with Crippen molar-refractivity contribution in [1.82, 2.24) is 4.90 Å². The molecule has 2 aromatic rings. The molecule has 40 heavy (non-hydrogen) atoms. The SMILES string of the molecule is CN(CC(C)(C)O)C(=O)C[C@@H]1CCc2cc(C(O)(C(F)(F)F)C(F)(F)F)ccc2N1S(=O)(=O)c1ccc(F)cc1. The Bertz CT molecular complexity index is 1340. The van der Waals surface area contributed by atoms with Gasteiger partial charge in [0.1, 0.15) is 5.82 Å². The van der Waals surface area contributed by atoms with E-state index in [9.17, 15) is 54.2 Å². The summed E-state index contributed by atoms with van der Waals surface area (Å²) in [5.41, 5.74) is -8.60. The van der Waals surface area contributed by atoms with E-state index in [1.165, 1.54) is 20.9 Å². The fraction of sp³-hybridized carbons (Fsp3) is 0.480. The lowest BCUT2D eigenvalue weighted by Gasteiger charge is -2.39. The maximum absolute atomic E-state index is 13.7. The standard InChI is InChI=1S/C25H27F7N2O5S/c1-22(2,36)14-33(3)21(35)13-18-8-4-15-12-16(23(37,24(27,28)29)25(30,31)32)5-11-20(15)34(18)40(38,39)19-9-6-17(26)7-10-19/h5-7,9-12,18,36-37H,4,8,13-14H2,1-3H3/t18-/m0/s1. The van der Waals surface area contributed by atoms with Gasteiger partial charge in [-0.15, -0.1) is 0 Å². The Kier molecular flexibility index (Phi) is 8.29. The summed E-state index contributed by atoms with van der Waals surface area (Å²) in [6.07, 6.45) is -13.1. The number of carbonyl (C=O) groups excluding carboxylic acids is 1. The average molecular weight is 601 g/mol. The first-order valence-corrected chi connectivity index (χ1v) is 13.3. The number of sulfonamides is 1. The van der Waals surface area contributed by atoms with Crippen LogP contribution in [0.2, 0.25) is 0 Å². The van der Waals surface area contributed by atoms with Crippen LogP contribution in [0.1, 0.15) is 37.8 Å². The lowest BCUT2D eigenvalue weighted by Crippen LogP contribution is -2.54. The maximum Gasteiger partial charge on any atom is 0.430 e. The molecular weight excluding hydrogens is 573 g/mol. The molecule has 0 bridgehead atoms. The van der Waals surface area contributed by atoms with Gasteiger partial charge >= 0.3 is 12.4 Å². The molecule has 3 rings (SSSR count). The Morgan fingerprint density at radius 1 is 1.00 bits per heavy atom. The molecule has 15 heteroatoms. The van der Waals surface area contributed by atoms with Crippen molar-refractivity contribution < 1.29 is 54.2 Å². The van der Waals surface area contributed by atoms with Gasteiger partial charge in [0.15, 0.2) is 0 Å². The average Bonchev–Trinajstić information content (AvgIpc) is 2.80. The normalized spacial score (nSPS) is 17.0. The number of aryl methyl sites for hydroxylation is 1. The summed E-state index contributed by atoms with van der Waals surface area (Å²) in [5, 5.41) is 19.8. The zero-order valence-electron chi connectivity index (χ0n) is 21.5. The first-order valence-electron chi connectivity index (χ1n) is 11.8. The molecule has 1 atom stereocenters. The van der Waals surface area contributed by atoms with Crippen LogP contribution in [0.4, 0.5) is 36.4 Å². The predicted molar refractivity (Wildman–Crippen MR) is 129 cm³/mol. The monoisotopic (exact) mass is 600 g/mol. The highest BCUT2D eigenvalue weighted by Gasteiger charge is 2.71. The van der Waals surface area contributed by atoms with E-state index in [1.54, 1.807) is 0 Å². The number of benzene rings is 2. The number of likely N-dealkylation sites (N-methyl/N-ethyl adjacent to an activating group) is 1. The number of hydrogen-bond acceptors (Lipinski definition) is 5. The largest absolute Gasteiger partial charge is 0.430 e. The summed E-state index contributed by atoms with van der Waals surface area (Å²) in [6, 6.07) is 3.92. The Balaban J connectivity index is 2.14. The summed E-state index contributed by atoms with van der Waals surface area (Å²) >= 11 is 0. The first-order chi connectivity index (χ1) is 18.1. The van der Waals surface area contributed by atoms with E-state index in [1.807, 2.05) is 0 Å². The number of aliphatic hydroxyl groups is 2. The molecule has 0 radical (unpaired) electrons. The summed E-state index contributed by atoms with van der Waals surface area (Å²) in [5.74, 6) is -1.35. The van der Waals surface area contributed by atoms with Gasteiger partial charge < -0.3 is 15.1 Å². The fourth-order valence-corrected chi connectivity index (χ4v) is 6.32. The maximum atomic E-state index is 13.7. The van der Waals surface area contributed by atoms with Gasteiger partial charge in [-0.3, -0.25) is 9.10 Å². The van der Waals surface area contributed by atoms with Crippen LogP contribution >= 0.6 is 0 Å². The van der Waals surface area contributed by atoms with E-state index in [-0.39, 0.29) is 30.6 Å². The number of rotatable bonds is 7. The molecule has 222 valence electrons. The van der Waals surface area contributed by atoms with Crippen LogP contribution in [0.5, 0.6) is 0 Å². The molecule has 7 nitrogen and oxygen atoms in total. The highest BCUT2D eigenvalue weighted by Crippen LogP contribution is 2.51. The smallest absolute Gasteiger partial charge is 0.389 e. The third kappa shape index (κ3) is 6.05. The fourth-order valence-electron chi connectivity index (χ4n) is 4.61. The number of alkyl halides is 6. The first kappa shape index (κ1) is 31.6. The third-order valence-electron chi connectivity index (χ3n) is 6.46. The topological polar surface area (TPSA) is 98.1 Å². The lowest BCUT2D eigenvalue weighted by atomic mass is 9.87. The Labute approximate surface area is 225 Å².